The van der Waals surface area contributed by atoms with Crippen molar-refractivity contribution < 1.29 is 67.7 Å². The highest BCUT2D eigenvalue weighted by atomic mass is 16.4. The van der Waals surface area contributed by atoms with Crippen LogP contribution in [0.2, 0.25) is 0 Å². The van der Waals surface area contributed by atoms with Crippen LogP contribution in [0.5, 0.6) is 0 Å². The zero-order valence-corrected chi connectivity index (χ0v) is 60.8. The minimum Gasteiger partial charge on any atom is -0.478 e. The second kappa shape index (κ2) is 39.4. The number of hydrogen-bond donors (Lipinski definition) is 6. The first-order valence-corrected chi connectivity index (χ1v) is 33.2. The fraction of sp³-hybridized carbons (Fsp3) is 0.710. The summed E-state index contributed by atoms with van der Waals surface area (Å²) in [5, 5.41) is 31.4. The summed E-state index contributed by atoms with van der Waals surface area (Å²) < 4.78 is 0. The number of carboxylic acid groups (broad SMARTS) is 1. The molecule has 11 amide bonds. The van der Waals surface area contributed by atoms with E-state index in [0.717, 1.165) is 9.80 Å². The Morgan fingerprint density at radius 2 is 0.926 bits per heavy atom. The molecule has 532 valence electrons. The molecule has 0 aromatic heterocycles. The van der Waals surface area contributed by atoms with E-state index in [0.29, 0.717) is 12.0 Å². The fourth-order valence-electron chi connectivity index (χ4n) is 11.3. The number of amides is 11. The van der Waals surface area contributed by atoms with Crippen LogP contribution in [-0.4, -0.2) is 238 Å². The number of carbonyl (C=O) groups is 12. The lowest BCUT2D eigenvalue weighted by molar-refractivity contribution is -0.157. The molecule has 2 rings (SSSR count). The van der Waals surface area contributed by atoms with Crippen LogP contribution >= 0.6 is 0 Å². The molecular weight excluding hydrogens is 1210 g/mol. The van der Waals surface area contributed by atoms with Gasteiger partial charge in [-0.25, -0.2) is 4.79 Å². The summed E-state index contributed by atoms with van der Waals surface area (Å²) in [5.41, 5.74) is 0.331. The van der Waals surface area contributed by atoms with Gasteiger partial charge in [0.05, 0.1) is 18.2 Å². The Kier molecular flexibility index (Phi) is 35.5. The summed E-state index contributed by atoms with van der Waals surface area (Å²) in [6.45, 7) is 29.3. The average molecular weight is 1320 g/mol. The molecule has 0 aliphatic carbocycles. The Hall–Kier alpha value is -7.44. The number of allylic oxidation sites excluding steroid dienone is 2. The quantitative estimate of drug-likeness (QED) is 0.123. The summed E-state index contributed by atoms with van der Waals surface area (Å²) >= 11 is 0. The van der Waals surface area contributed by atoms with E-state index >= 15 is 9.59 Å². The van der Waals surface area contributed by atoms with Gasteiger partial charge in [-0.1, -0.05) is 127 Å². The van der Waals surface area contributed by atoms with Crippen molar-refractivity contribution >= 4 is 70.9 Å². The second-order valence-corrected chi connectivity index (χ2v) is 27.8. The van der Waals surface area contributed by atoms with E-state index in [9.17, 15) is 53.1 Å². The van der Waals surface area contributed by atoms with Gasteiger partial charge >= 0.3 is 5.97 Å². The summed E-state index contributed by atoms with van der Waals surface area (Å²) in [4.78, 5) is 179. The SMILES string of the molecule is C/C=C/C[C@@H](C)[C@@H](O)[C@H]1C(=O)N[C@@H](CC)C(=O)N(C)CC(=O)N(C)[C@@H](CC(C)C)C(=O)N[C@@H](C(C)C)C(=O)N(C)[C@@H](CC(C)C)C(=O)N[C@@H](C)C(=O)N[C@H](C)C(=O)N(C)[C@@H](CC(C)C)C(=O)N(C)[C@@H](CC(C)C)C(=O)N(C)[C@@H](C(C)C)C(=O)N1C.O=C(O)c1ccccc1. The van der Waals surface area contributed by atoms with Crippen LogP contribution in [0.1, 0.15) is 167 Å². The van der Waals surface area contributed by atoms with Crippen molar-refractivity contribution in [3.8, 4) is 0 Å². The Morgan fingerprint density at radius 1 is 0.500 bits per heavy atom. The van der Waals surface area contributed by atoms with Crippen molar-refractivity contribution in [2.75, 3.05) is 55.9 Å². The molecule has 1 saturated heterocycles. The molecule has 1 aromatic carbocycles. The zero-order chi connectivity index (χ0) is 72.7. The van der Waals surface area contributed by atoms with Crippen LogP contribution in [0, 0.1) is 41.4 Å². The van der Waals surface area contributed by atoms with Gasteiger partial charge in [0, 0.05) is 49.3 Å². The van der Waals surface area contributed by atoms with Gasteiger partial charge in [0.2, 0.25) is 65.0 Å². The van der Waals surface area contributed by atoms with Crippen molar-refractivity contribution in [1.82, 2.24) is 55.6 Å². The molecule has 94 heavy (non-hydrogen) atoms. The van der Waals surface area contributed by atoms with Gasteiger partial charge in [0.15, 0.2) is 0 Å². The van der Waals surface area contributed by atoms with E-state index in [1.54, 1.807) is 84.9 Å². The molecule has 1 aliphatic heterocycles. The first-order valence-electron chi connectivity index (χ1n) is 33.2. The number of hydrogen-bond acceptors (Lipinski definition) is 13. The average Bonchev–Trinajstić information content (AvgIpc) is 0.834. The van der Waals surface area contributed by atoms with E-state index < -0.39 is 162 Å². The molecule has 0 unspecified atom stereocenters. The fourth-order valence-corrected chi connectivity index (χ4v) is 11.3. The lowest BCUT2D eigenvalue weighted by atomic mass is 9.91. The molecule has 1 fully saturated rings. The second-order valence-electron chi connectivity index (χ2n) is 27.8. The van der Waals surface area contributed by atoms with Crippen molar-refractivity contribution in [1.29, 1.82) is 0 Å². The number of aromatic carboxylic acids is 1. The number of rotatable bonds is 16. The maximum atomic E-state index is 15.1. The number of benzene rings is 1. The monoisotopic (exact) mass is 1320 g/mol. The number of carboxylic acids is 1. The summed E-state index contributed by atoms with van der Waals surface area (Å²) in [6.07, 6.45) is 3.04. The summed E-state index contributed by atoms with van der Waals surface area (Å²) in [7, 11) is 9.92. The first-order chi connectivity index (χ1) is 43.5. The van der Waals surface area contributed by atoms with Crippen LogP contribution in [0.25, 0.3) is 0 Å². The first kappa shape index (κ1) is 84.6. The zero-order valence-electron chi connectivity index (χ0n) is 60.8. The predicted octanol–water partition coefficient (Wildman–Crippen LogP) is 4.65. The number of aliphatic hydroxyl groups is 1. The molecule has 12 atom stereocenters. The van der Waals surface area contributed by atoms with Gasteiger partial charge in [0.1, 0.15) is 60.4 Å². The maximum Gasteiger partial charge on any atom is 0.335 e. The van der Waals surface area contributed by atoms with Crippen molar-refractivity contribution in [2.45, 2.75) is 223 Å². The molecule has 25 heteroatoms. The van der Waals surface area contributed by atoms with Crippen molar-refractivity contribution in [2.24, 2.45) is 41.4 Å². The number of nitrogens with zero attached hydrogens (tertiary/aromatic N) is 7. The third kappa shape index (κ3) is 24.7. The van der Waals surface area contributed by atoms with Gasteiger partial charge < -0.3 is 65.8 Å². The molecule has 25 nitrogen and oxygen atoms in total. The van der Waals surface area contributed by atoms with E-state index in [1.807, 2.05) is 61.5 Å². The third-order valence-electron chi connectivity index (χ3n) is 17.1. The topological polar surface area (TPSA) is 316 Å². The third-order valence-corrected chi connectivity index (χ3v) is 17.1. The number of likely N-dealkylation sites (N-methyl/N-ethyl adjacent to an activating group) is 7. The molecule has 1 aliphatic rings. The predicted molar refractivity (Wildman–Crippen MR) is 362 cm³/mol. The van der Waals surface area contributed by atoms with Crippen LogP contribution in [0.4, 0.5) is 0 Å². The highest BCUT2D eigenvalue weighted by molar-refractivity contribution is 5.99. The standard InChI is InChI=1S/C62H111N11O12.C7H6O2/c1-25-27-28-40(15)52(75)51-56(79)65-43(26-2)58(81)67(18)33-48(74)68(19)44(29-34(3)4)55(78)66-49(38(11)12)61(84)69(20)45(30-35(5)6)54(77)63-41(16)53(76)64-42(17)57(80)70(21)46(31-36(7)8)59(82)71(22)47(32-37(9)10)60(83)72(23)50(39(13)14)62(85)73(51)24;8-7(9)6-4-2-1-3-5-6/h25,27,34-47,49-52,75H,26,28-33H2,1-24H3,(H,63,77)(H,64,76)(H,65,79)(H,66,78);1-5H,(H,8,9)/b27-25+;/t40-,41+,42-,43+,44+,45+,46+,47+,49+,50+,51+,52-;/m1./s1. The minimum atomic E-state index is -1.61. The maximum absolute atomic E-state index is 15.1. The number of nitrogens with one attached hydrogen (secondary N) is 4. The summed E-state index contributed by atoms with van der Waals surface area (Å²) in [6, 6.07) is -4.03. The van der Waals surface area contributed by atoms with Gasteiger partial charge in [-0.2, -0.15) is 0 Å². The molecule has 0 spiro atoms. The van der Waals surface area contributed by atoms with Gasteiger partial charge in [-0.15, -0.1) is 0 Å². The van der Waals surface area contributed by atoms with E-state index in [2.05, 4.69) is 21.3 Å². The number of carbonyl (C=O) groups excluding carboxylic acids is 11. The molecule has 0 saturated carbocycles. The van der Waals surface area contributed by atoms with Gasteiger partial charge in [-0.3, -0.25) is 52.7 Å². The molecule has 1 aromatic rings. The van der Waals surface area contributed by atoms with Crippen LogP contribution in [0.3, 0.4) is 0 Å². The highest BCUT2D eigenvalue weighted by Crippen LogP contribution is 2.26. The largest absolute Gasteiger partial charge is 0.478 e. The summed E-state index contributed by atoms with van der Waals surface area (Å²) in [5.74, 6) is -10.6. The van der Waals surface area contributed by atoms with Crippen molar-refractivity contribution in [3.63, 3.8) is 0 Å². The van der Waals surface area contributed by atoms with Crippen molar-refractivity contribution in [3.05, 3.63) is 48.0 Å². The van der Waals surface area contributed by atoms with E-state index in [1.165, 1.54) is 87.7 Å². The van der Waals surface area contributed by atoms with E-state index in [4.69, 9.17) is 5.11 Å². The van der Waals surface area contributed by atoms with Gasteiger partial charge in [0.25, 0.3) is 0 Å². The smallest absolute Gasteiger partial charge is 0.335 e. The molecule has 0 radical (unpaired) electrons. The Labute approximate surface area is 560 Å². The van der Waals surface area contributed by atoms with Crippen LogP contribution in [0.15, 0.2) is 42.5 Å². The normalized spacial score (nSPS) is 25.2. The highest BCUT2D eigenvalue weighted by Gasteiger charge is 2.46. The minimum absolute atomic E-state index is 0.0229. The van der Waals surface area contributed by atoms with Crippen LogP contribution < -0.4 is 21.3 Å². The lowest BCUT2D eigenvalue weighted by Gasteiger charge is -2.41. The Balaban J connectivity index is 0.00000449. The van der Waals surface area contributed by atoms with E-state index in [-0.39, 0.29) is 55.8 Å². The molecule has 0 bridgehead atoms. The Bertz CT molecular complexity index is 2740. The molecule has 1 heterocycles. The molecule has 6 N–H and O–H groups in total. The lowest BCUT2D eigenvalue weighted by Crippen LogP contribution is -2.63. The molecular formula is C69H117N11O14. The van der Waals surface area contributed by atoms with Gasteiger partial charge in [-0.05, 0) is 113 Å². The Morgan fingerprint density at radius 3 is 1.36 bits per heavy atom. The number of aliphatic hydroxyl groups excluding tert-OH is 1. The van der Waals surface area contributed by atoms with Crippen LogP contribution in [-0.2, 0) is 52.7 Å².